The Balaban J connectivity index is 3.34. The van der Waals surface area contributed by atoms with Crippen LogP contribution < -0.4 is 11.2 Å². The Morgan fingerprint density at radius 1 is 1.60 bits per heavy atom. The Hall–Kier alpha value is -1.92. The minimum Gasteiger partial charge on any atom is -0.465 e. The van der Waals surface area contributed by atoms with Gasteiger partial charge in [0.2, 0.25) is 0 Å². The van der Waals surface area contributed by atoms with Crippen molar-refractivity contribution in [3.05, 3.63) is 27.5 Å². The van der Waals surface area contributed by atoms with E-state index in [4.69, 9.17) is 5.73 Å². The molecule has 7 heteroatoms. The van der Waals surface area contributed by atoms with E-state index >= 15 is 0 Å². The third kappa shape index (κ3) is 2.12. The fourth-order valence-electron chi connectivity index (χ4n) is 1.03. The largest absolute Gasteiger partial charge is 0.465 e. The Kier molecular flexibility index (Phi) is 3.03. The van der Waals surface area contributed by atoms with Gasteiger partial charge in [0.25, 0.3) is 6.43 Å². The molecule has 0 atom stereocenters. The molecule has 0 fully saturated rings. The van der Waals surface area contributed by atoms with E-state index in [1.807, 2.05) is 0 Å². The first-order chi connectivity index (χ1) is 6.97. The Morgan fingerprint density at radius 3 is 2.60 bits per heavy atom. The second kappa shape index (κ2) is 4.07. The van der Waals surface area contributed by atoms with Crippen molar-refractivity contribution < 1.29 is 18.3 Å². The summed E-state index contributed by atoms with van der Waals surface area (Å²) in [4.78, 5) is 24.3. The zero-order valence-electron chi connectivity index (χ0n) is 7.71. The first-order valence-corrected chi connectivity index (χ1v) is 3.86. The molecule has 0 spiro atoms. The van der Waals surface area contributed by atoms with E-state index in [9.17, 15) is 18.4 Å². The van der Waals surface area contributed by atoms with Crippen LogP contribution in [0, 0.1) is 0 Å². The van der Waals surface area contributed by atoms with Gasteiger partial charge in [-0.25, -0.2) is 13.6 Å². The van der Waals surface area contributed by atoms with Crippen molar-refractivity contribution >= 4 is 11.8 Å². The van der Waals surface area contributed by atoms with Gasteiger partial charge in [0.05, 0.1) is 12.8 Å². The highest BCUT2D eigenvalue weighted by molar-refractivity contribution is 5.93. The number of hydrogen-bond donors (Lipinski definition) is 2. The van der Waals surface area contributed by atoms with Crippen LogP contribution in [-0.4, -0.2) is 18.1 Å². The van der Waals surface area contributed by atoms with Crippen molar-refractivity contribution in [3.8, 4) is 0 Å². The number of aromatic nitrogens is 1. The predicted octanol–water partition coefficient (Wildman–Crippen LogP) is 0.681. The number of nitrogens with one attached hydrogen (secondary N) is 1. The van der Waals surface area contributed by atoms with E-state index < -0.39 is 34.9 Å². The van der Waals surface area contributed by atoms with E-state index in [1.54, 1.807) is 0 Å². The van der Waals surface area contributed by atoms with Crippen LogP contribution >= 0.6 is 0 Å². The normalized spacial score (nSPS) is 10.4. The van der Waals surface area contributed by atoms with Crippen LogP contribution in [0.4, 0.5) is 14.6 Å². The van der Waals surface area contributed by atoms with Crippen molar-refractivity contribution in [1.29, 1.82) is 0 Å². The summed E-state index contributed by atoms with van der Waals surface area (Å²) in [5.74, 6) is -1.39. The molecule has 15 heavy (non-hydrogen) atoms. The molecule has 0 aliphatic heterocycles. The predicted molar refractivity (Wildman–Crippen MR) is 47.8 cm³/mol. The number of carbonyl (C=O) groups is 1. The Morgan fingerprint density at radius 2 is 2.20 bits per heavy atom. The highest BCUT2D eigenvalue weighted by Gasteiger charge is 2.18. The molecule has 0 saturated heterocycles. The molecule has 1 aromatic rings. The molecule has 3 N–H and O–H groups in total. The maximum absolute atomic E-state index is 12.2. The molecule has 1 rings (SSSR count). The molecule has 5 nitrogen and oxygen atoms in total. The van der Waals surface area contributed by atoms with E-state index in [1.165, 1.54) is 0 Å². The molecule has 0 saturated carbocycles. The average Bonchev–Trinajstić information content (AvgIpc) is 2.16. The van der Waals surface area contributed by atoms with Gasteiger partial charge in [-0.3, -0.25) is 4.79 Å². The first-order valence-electron chi connectivity index (χ1n) is 3.86. The smallest absolute Gasteiger partial charge is 0.345 e. The summed E-state index contributed by atoms with van der Waals surface area (Å²) in [6.45, 7) is 0. The van der Waals surface area contributed by atoms with Crippen LogP contribution in [0.3, 0.4) is 0 Å². The van der Waals surface area contributed by atoms with Crippen LogP contribution in [0.2, 0.25) is 0 Å². The van der Waals surface area contributed by atoms with E-state index in [0.29, 0.717) is 6.07 Å². The molecular weight excluding hydrogens is 210 g/mol. The van der Waals surface area contributed by atoms with Crippen LogP contribution in [0.5, 0.6) is 0 Å². The van der Waals surface area contributed by atoms with Crippen molar-refractivity contribution in [3.63, 3.8) is 0 Å². The number of hydrogen-bond acceptors (Lipinski definition) is 4. The van der Waals surface area contributed by atoms with Gasteiger partial charge in [-0.05, 0) is 0 Å². The number of nitrogen functional groups attached to an aromatic ring is 1. The molecule has 0 bridgehead atoms. The van der Waals surface area contributed by atoms with Crippen molar-refractivity contribution in [2.75, 3.05) is 12.8 Å². The molecule has 0 aliphatic carbocycles. The Labute approximate surface area is 82.9 Å². The second-order valence-electron chi connectivity index (χ2n) is 2.67. The monoisotopic (exact) mass is 218 g/mol. The molecular formula is C8H8F2N2O3. The number of anilines is 1. The SMILES string of the molecule is COC(=O)c1c(N)[nH]c(C(F)F)cc1=O. The van der Waals surface area contributed by atoms with Gasteiger partial charge in [0.1, 0.15) is 11.4 Å². The van der Waals surface area contributed by atoms with Crippen LogP contribution in [0.25, 0.3) is 0 Å². The summed E-state index contributed by atoms with van der Waals surface area (Å²) >= 11 is 0. The molecule has 82 valence electrons. The lowest BCUT2D eigenvalue weighted by Gasteiger charge is -2.05. The summed E-state index contributed by atoms with van der Waals surface area (Å²) in [5.41, 5.74) is 3.25. The number of rotatable bonds is 2. The molecule has 0 aliphatic rings. The van der Waals surface area contributed by atoms with Gasteiger partial charge in [-0.2, -0.15) is 0 Å². The minimum atomic E-state index is -2.85. The summed E-state index contributed by atoms with van der Waals surface area (Å²) in [7, 11) is 1.06. The average molecular weight is 218 g/mol. The third-order valence-corrected chi connectivity index (χ3v) is 1.71. The van der Waals surface area contributed by atoms with Gasteiger partial charge < -0.3 is 15.5 Å². The van der Waals surface area contributed by atoms with Crippen LogP contribution in [-0.2, 0) is 4.74 Å². The number of esters is 1. The van der Waals surface area contributed by atoms with E-state index in [0.717, 1.165) is 7.11 Å². The van der Waals surface area contributed by atoms with Gasteiger partial charge in [-0.1, -0.05) is 0 Å². The van der Waals surface area contributed by atoms with Crippen LogP contribution in [0.1, 0.15) is 22.5 Å². The number of ether oxygens (including phenoxy) is 1. The Bertz CT molecular complexity index is 442. The fourth-order valence-corrected chi connectivity index (χ4v) is 1.03. The number of carbonyl (C=O) groups excluding carboxylic acids is 1. The lowest BCUT2D eigenvalue weighted by molar-refractivity contribution is 0.0599. The highest BCUT2D eigenvalue weighted by Crippen LogP contribution is 2.17. The van der Waals surface area contributed by atoms with Gasteiger partial charge in [0.15, 0.2) is 5.43 Å². The van der Waals surface area contributed by atoms with E-state index in [-0.39, 0.29) is 0 Å². The fraction of sp³-hybridized carbons (Fsp3) is 0.250. The number of nitrogens with two attached hydrogens (primary N) is 1. The van der Waals surface area contributed by atoms with Gasteiger partial charge in [-0.15, -0.1) is 0 Å². The number of alkyl halides is 2. The number of methoxy groups -OCH3 is 1. The zero-order chi connectivity index (χ0) is 11.6. The minimum absolute atomic E-state index is 0.426. The summed E-state index contributed by atoms with van der Waals surface area (Å²) in [6, 6.07) is 0.618. The highest BCUT2D eigenvalue weighted by atomic mass is 19.3. The summed E-state index contributed by atoms with van der Waals surface area (Å²) < 4.78 is 28.7. The van der Waals surface area contributed by atoms with Crippen molar-refractivity contribution in [2.45, 2.75) is 6.43 Å². The van der Waals surface area contributed by atoms with Crippen molar-refractivity contribution in [2.24, 2.45) is 0 Å². The molecule has 1 heterocycles. The number of halogens is 2. The zero-order valence-corrected chi connectivity index (χ0v) is 7.71. The second-order valence-corrected chi connectivity index (χ2v) is 2.67. The van der Waals surface area contributed by atoms with E-state index in [2.05, 4.69) is 9.72 Å². The topological polar surface area (TPSA) is 85.2 Å². The third-order valence-electron chi connectivity index (χ3n) is 1.71. The number of H-pyrrole nitrogens is 1. The number of pyridine rings is 1. The van der Waals surface area contributed by atoms with Crippen LogP contribution in [0.15, 0.2) is 10.9 Å². The lowest BCUT2D eigenvalue weighted by atomic mass is 10.2. The lowest BCUT2D eigenvalue weighted by Crippen LogP contribution is -2.20. The quantitative estimate of drug-likeness (QED) is 0.715. The van der Waals surface area contributed by atoms with Gasteiger partial charge in [0, 0.05) is 6.07 Å². The number of aromatic amines is 1. The molecule has 0 radical (unpaired) electrons. The molecule has 1 aromatic heterocycles. The first kappa shape index (κ1) is 11.2. The summed E-state index contributed by atoms with van der Waals surface area (Å²) in [6.07, 6.45) is -2.85. The van der Waals surface area contributed by atoms with Gasteiger partial charge >= 0.3 is 5.97 Å². The summed E-state index contributed by atoms with van der Waals surface area (Å²) in [5, 5.41) is 0. The standard InChI is InChI=1S/C8H8F2N2O3/c1-15-8(14)5-4(13)2-3(6(9)10)12-7(5)11/h2,6H,1H3,(H3,11,12,13). The van der Waals surface area contributed by atoms with Crippen molar-refractivity contribution in [1.82, 2.24) is 4.98 Å². The maximum atomic E-state index is 12.2. The molecule has 0 aromatic carbocycles. The molecule has 0 unspecified atom stereocenters. The molecule has 0 amide bonds. The maximum Gasteiger partial charge on any atom is 0.345 e.